The monoisotopic (exact) mass is 417 g/mol. The Morgan fingerprint density at radius 3 is 2.29 bits per heavy atom. The molecular weight excluding hydrogens is 394 g/mol. The fraction of sp³-hybridized carbons (Fsp3) is 0.261. The SMILES string of the molecule is CC(C)CC(C(=O)Nc1ccn(Cc2ccccn2)n1)N1C(=O)c2ccccc2C1=O. The molecule has 1 unspecified atom stereocenters. The van der Waals surface area contributed by atoms with E-state index in [1.165, 1.54) is 0 Å². The lowest BCUT2D eigenvalue weighted by atomic mass is 10.0. The van der Waals surface area contributed by atoms with E-state index in [1.54, 1.807) is 47.4 Å². The van der Waals surface area contributed by atoms with E-state index < -0.39 is 23.8 Å². The molecule has 2 aromatic heterocycles. The van der Waals surface area contributed by atoms with Crippen LogP contribution in [0.1, 0.15) is 46.7 Å². The van der Waals surface area contributed by atoms with Gasteiger partial charge < -0.3 is 5.32 Å². The summed E-state index contributed by atoms with van der Waals surface area (Å²) in [7, 11) is 0. The second-order valence-corrected chi connectivity index (χ2v) is 7.88. The van der Waals surface area contributed by atoms with E-state index >= 15 is 0 Å². The Morgan fingerprint density at radius 2 is 1.68 bits per heavy atom. The van der Waals surface area contributed by atoms with Crippen molar-refractivity contribution in [2.75, 3.05) is 5.32 Å². The number of carbonyl (C=O) groups is 3. The second kappa shape index (κ2) is 8.51. The first-order chi connectivity index (χ1) is 14.9. The summed E-state index contributed by atoms with van der Waals surface area (Å²) in [6.07, 6.45) is 3.80. The molecule has 1 aliphatic heterocycles. The summed E-state index contributed by atoms with van der Waals surface area (Å²) in [5.41, 5.74) is 1.49. The van der Waals surface area contributed by atoms with Crippen molar-refractivity contribution in [3.63, 3.8) is 0 Å². The van der Waals surface area contributed by atoms with Gasteiger partial charge in [-0.05, 0) is 36.6 Å². The van der Waals surface area contributed by atoms with E-state index in [4.69, 9.17) is 0 Å². The maximum Gasteiger partial charge on any atom is 0.262 e. The number of nitrogens with one attached hydrogen (secondary N) is 1. The molecule has 8 heteroatoms. The van der Waals surface area contributed by atoms with Gasteiger partial charge in [0.1, 0.15) is 6.04 Å². The molecule has 4 rings (SSSR count). The molecule has 0 fully saturated rings. The Kier molecular flexibility index (Phi) is 5.62. The number of carbonyl (C=O) groups excluding carboxylic acids is 3. The third kappa shape index (κ3) is 4.23. The van der Waals surface area contributed by atoms with E-state index in [0.717, 1.165) is 10.6 Å². The largest absolute Gasteiger partial charge is 0.307 e. The first-order valence-corrected chi connectivity index (χ1v) is 10.1. The number of aromatic nitrogens is 3. The zero-order valence-electron chi connectivity index (χ0n) is 17.4. The molecule has 8 nitrogen and oxygen atoms in total. The van der Waals surface area contributed by atoms with Crippen molar-refractivity contribution in [2.24, 2.45) is 5.92 Å². The van der Waals surface area contributed by atoms with Crippen LogP contribution in [0.15, 0.2) is 60.9 Å². The fourth-order valence-corrected chi connectivity index (χ4v) is 3.65. The van der Waals surface area contributed by atoms with Crippen LogP contribution < -0.4 is 5.32 Å². The summed E-state index contributed by atoms with van der Waals surface area (Å²) < 4.78 is 1.66. The van der Waals surface area contributed by atoms with E-state index in [-0.39, 0.29) is 5.92 Å². The van der Waals surface area contributed by atoms with Crippen molar-refractivity contribution in [1.29, 1.82) is 0 Å². The van der Waals surface area contributed by atoms with Gasteiger partial charge >= 0.3 is 0 Å². The molecule has 1 aliphatic rings. The number of benzene rings is 1. The van der Waals surface area contributed by atoms with Crippen LogP contribution in [0.5, 0.6) is 0 Å². The van der Waals surface area contributed by atoms with E-state index in [0.29, 0.717) is 29.9 Å². The smallest absolute Gasteiger partial charge is 0.262 e. The van der Waals surface area contributed by atoms with Crippen LogP contribution in [-0.4, -0.2) is 43.4 Å². The number of hydrogen-bond donors (Lipinski definition) is 1. The molecule has 3 amide bonds. The zero-order chi connectivity index (χ0) is 22.0. The highest BCUT2D eigenvalue weighted by atomic mass is 16.2. The minimum Gasteiger partial charge on any atom is -0.307 e. The second-order valence-electron chi connectivity index (χ2n) is 7.88. The van der Waals surface area contributed by atoms with Crippen LogP contribution in [0.25, 0.3) is 0 Å². The number of rotatable bonds is 7. The molecule has 3 aromatic rings. The van der Waals surface area contributed by atoms with Gasteiger partial charge in [0.15, 0.2) is 5.82 Å². The van der Waals surface area contributed by atoms with Crippen LogP contribution in [0, 0.1) is 5.92 Å². The number of imide groups is 1. The molecule has 158 valence electrons. The van der Waals surface area contributed by atoms with Gasteiger partial charge in [-0.15, -0.1) is 0 Å². The number of nitrogens with zero attached hydrogens (tertiary/aromatic N) is 4. The first kappa shape index (κ1) is 20.5. The lowest BCUT2D eigenvalue weighted by Crippen LogP contribution is -2.48. The van der Waals surface area contributed by atoms with E-state index in [2.05, 4.69) is 15.4 Å². The maximum atomic E-state index is 13.1. The molecule has 0 saturated heterocycles. The normalized spacial score (nSPS) is 14.1. The number of hydrogen-bond acceptors (Lipinski definition) is 5. The minimum atomic E-state index is -0.923. The topological polar surface area (TPSA) is 97.2 Å². The lowest BCUT2D eigenvalue weighted by Gasteiger charge is -2.26. The van der Waals surface area contributed by atoms with Crippen LogP contribution in [0.3, 0.4) is 0 Å². The quantitative estimate of drug-likeness (QED) is 0.596. The van der Waals surface area contributed by atoms with E-state index in [1.807, 2.05) is 32.0 Å². The predicted molar refractivity (Wildman–Crippen MR) is 114 cm³/mol. The molecule has 0 aliphatic carbocycles. The van der Waals surface area contributed by atoms with Gasteiger partial charge in [-0.25, -0.2) is 0 Å². The summed E-state index contributed by atoms with van der Waals surface area (Å²) in [5, 5.41) is 7.13. The molecule has 0 saturated carbocycles. The lowest BCUT2D eigenvalue weighted by molar-refractivity contribution is -0.120. The van der Waals surface area contributed by atoms with Gasteiger partial charge in [-0.3, -0.25) is 28.9 Å². The van der Waals surface area contributed by atoms with Crippen molar-refractivity contribution in [3.05, 3.63) is 77.7 Å². The predicted octanol–water partition coefficient (Wildman–Crippen LogP) is 2.98. The summed E-state index contributed by atoms with van der Waals surface area (Å²) in [6.45, 7) is 4.35. The van der Waals surface area contributed by atoms with Crippen molar-refractivity contribution in [2.45, 2.75) is 32.9 Å². The molecule has 0 spiro atoms. The average molecular weight is 417 g/mol. The molecule has 0 bridgehead atoms. The Morgan fingerprint density at radius 1 is 1.00 bits per heavy atom. The summed E-state index contributed by atoms with van der Waals surface area (Å²) >= 11 is 0. The van der Waals surface area contributed by atoms with Gasteiger partial charge in [0.25, 0.3) is 11.8 Å². The van der Waals surface area contributed by atoms with Crippen LogP contribution in [0.4, 0.5) is 5.82 Å². The Bertz CT molecular complexity index is 1090. The van der Waals surface area contributed by atoms with Crippen LogP contribution >= 0.6 is 0 Å². The van der Waals surface area contributed by atoms with Crippen molar-refractivity contribution >= 4 is 23.5 Å². The molecule has 1 N–H and O–H groups in total. The zero-order valence-corrected chi connectivity index (χ0v) is 17.4. The van der Waals surface area contributed by atoms with Gasteiger partial charge in [-0.2, -0.15) is 5.10 Å². The molecule has 0 radical (unpaired) electrons. The Labute approximate surface area is 179 Å². The van der Waals surface area contributed by atoms with Gasteiger partial charge in [-0.1, -0.05) is 32.0 Å². The van der Waals surface area contributed by atoms with Gasteiger partial charge in [0.05, 0.1) is 23.4 Å². The third-order valence-corrected chi connectivity index (χ3v) is 5.08. The highest BCUT2D eigenvalue weighted by molar-refractivity contribution is 6.23. The highest BCUT2D eigenvalue weighted by Gasteiger charge is 2.42. The van der Waals surface area contributed by atoms with Gasteiger partial charge in [0.2, 0.25) is 5.91 Å². The van der Waals surface area contributed by atoms with E-state index in [9.17, 15) is 14.4 Å². The standard InChI is InChI=1S/C23H23N5O3/c1-15(2)13-19(28-22(30)17-8-3-4-9-18(17)23(28)31)21(29)25-20-10-12-27(26-20)14-16-7-5-6-11-24-16/h3-12,15,19H,13-14H2,1-2H3,(H,25,26,29). The van der Waals surface area contributed by atoms with Crippen molar-refractivity contribution < 1.29 is 14.4 Å². The molecule has 1 aromatic carbocycles. The molecular formula is C23H23N5O3. The number of pyridine rings is 1. The fourth-order valence-electron chi connectivity index (χ4n) is 3.65. The maximum absolute atomic E-state index is 13.1. The summed E-state index contributed by atoms with van der Waals surface area (Å²) in [6, 6.07) is 13.0. The minimum absolute atomic E-state index is 0.0989. The number of fused-ring (bicyclic) bond motifs is 1. The van der Waals surface area contributed by atoms with Crippen LogP contribution in [-0.2, 0) is 11.3 Å². The molecule has 3 heterocycles. The first-order valence-electron chi connectivity index (χ1n) is 10.1. The third-order valence-electron chi connectivity index (χ3n) is 5.08. The van der Waals surface area contributed by atoms with Gasteiger partial charge in [0, 0.05) is 18.5 Å². The number of amides is 3. The summed E-state index contributed by atoms with van der Waals surface area (Å²) in [5.74, 6) is -0.872. The highest BCUT2D eigenvalue weighted by Crippen LogP contribution is 2.27. The molecule has 31 heavy (non-hydrogen) atoms. The van der Waals surface area contributed by atoms with Crippen molar-refractivity contribution in [3.8, 4) is 0 Å². The van der Waals surface area contributed by atoms with Crippen molar-refractivity contribution in [1.82, 2.24) is 19.7 Å². The Balaban J connectivity index is 1.52. The average Bonchev–Trinajstić information content (AvgIpc) is 3.29. The number of anilines is 1. The Hall–Kier alpha value is -3.81. The molecule has 1 atom stereocenters. The summed E-state index contributed by atoms with van der Waals surface area (Å²) in [4.78, 5) is 44.2. The van der Waals surface area contributed by atoms with Crippen LogP contribution in [0.2, 0.25) is 0 Å².